The Kier molecular flexibility index (Phi) is 2.92. The summed E-state index contributed by atoms with van der Waals surface area (Å²) >= 11 is 0. The first kappa shape index (κ1) is 11.5. The van der Waals surface area contributed by atoms with Crippen molar-refractivity contribution in [3.8, 4) is 11.1 Å². The molecule has 3 rings (SSSR count). The maximum Gasteiger partial charge on any atom is 0.0266 e. The van der Waals surface area contributed by atoms with Crippen molar-refractivity contribution in [1.29, 1.82) is 0 Å². The molecule has 0 radical (unpaired) electrons. The Morgan fingerprint density at radius 1 is 0.944 bits per heavy atom. The van der Waals surface area contributed by atoms with Crippen molar-refractivity contribution in [2.24, 2.45) is 5.73 Å². The first-order chi connectivity index (χ1) is 8.74. The van der Waals surface area contributed by atoms with Crippen molar-refractivity contribution in [1.82, 2.24) is 0 Å². The zero-order valence-corrected chi connectivity index (χ0v) is 10.8. The number of rotatable bonds is 2. The molecule has 0 aliphatic heterocycles. The first-order valence-corrected chi connectivity index (χ1v) is 6.72. The molecule has 1 aliphatic carbocycles. The highest BCUT2D eigenvalue weighted by atomic mass is 14.6. The molecule has 0 heterocycles. The van der Waals surface area contributed by atoms with Gasteiger partial charge in [-0.1, -0.05) is 36.4 Å². The summed E-state index contributed by atoms with van der Waals surface area (Å²) in [6.07, 6.45) is 3.78. The van der Waals surface area contributed by atoms with E-state index in [-0.39, 0.29) is 6.04 Å². The van der Waals surface area contributed by atoms with Gasteiger partial charge in [-0.3, -0.25) is 0 Å². The van der Waals surface area contributed by atoms with Crippen molar-refractivity contribution in [2.75, 3.05) is 0 Å². The molecule has 2 N–H and O–H groups in total. The van der Waals surface area contributed by atoms with Crippen molar-refractivity contribution in [2.45, 2.75) is 32.2 Å². The Morgan fingerprint density at radius 2 is 1.72 bits per heavy atom. The fraction of sp³-hybridized carbons (Fsp3) is 0.294. The average molecular weight is 237 g/mol. The van der Waals surface area contributed by atoms with E-state index in [1.54, 1.807) is 0 Å². The van der Waals surface area contributed by atoms with Gasteiger partial charge in [0.15, 0.2) is 0 Å². The molecule has 2 aromatic rings. The molecule has 1 heteroatoms. The van der Waals surface area contributed by atoms with Crippen LogP contribution < -0.4 is 5.73 Å². The SMILES string of the molecule is CC(N)c1cccc(-c2ccc3c(c2)CCC3)c1. The maximum absolute atomic E-state index is 5.95. The van der Waals surface area contributed by atoms with Gasteiger partial charge >= 0.3 is 0 Å². The Bertz CT molecular complexity index is 570. The van der Waals surface area contributed by atoms with Gasteiger partial charge in [0.25, 0.3) is 0 Å². The van der Waals surface area contributed by atoms with Gasteiger partial charge in [0.05, 0.1) is 0 Å². The predicted octanol–water partition coefficient (Wildman–Crippen LogP) is 3.86. The van der Waals surface area contributed by atoms with E-state index in [1.807, 2.05) is 6.92 Å². The van der Waals surface area contributed by atoms with Crippen LogP contribution in [0.2, 0.25) is 0 Å². The minimum absolute atomic E-state index is 0.0966. The third kappa shape index (κ3) is 2.06. The average Bonchev–Trinajstić information content (AvgIpc) is 2.86. The van der Waals surface area contributed by atoms with Gasteiger partial charge in [-0.2, -0.15) is 0 Å². The van der Waals surface area contributed by atoms with E-state index in [4.69, 9.17) is 5.73 Å². The van der Waals surface area contributed by atoms with Crippen LogP contribution in [0, 0.1) is 0 Å². The second-order valence-corrected chi connectivity index (χ2v) is 5.25. The maximum atomic E-state index is 5.95. The third-order valence-corrected chi connectivity index (χ3v) is 3.84. The molecule has 1 atom stereocenters. The van der Waals surface area contributed by atoms with Crippen LogP contribution in [0.1, 0.15) is 36.1 Å². The zero-order chi connectivity index (χ0) is 12.5. The van der Waals surface area contributed by atoms with Gasteiger partial charge in [0, 0.05) is 6.04 Å². The van der Waals surface area contributed by atoms with Gasteiger partial charge < -0.3 is 5.73 Å². The molecular weight excluding hydrogens is 218 g/mol. The summed E-state index contributed by atoms with van der Waals surface area (Å²) in [7, 11) is 0. The lowest BCUT2D eigenvalue weighted by atomic mass is 9.97. The predicted molar refractivity (Wildman–Crippen MR) is 76.5 cm³/mol. The fourth-order valence-electron chi connectivity index (χ4n) is 2.75. The molecule has 92 valence electrons. The van der Waals surface area contributed by atoms with Crippen molar-refractivity contribution < 1.29 is 0 Å². The monoisotopic (exact) mass is 237 g/mol. The van der Waals surface area contributed by atoms with Crippen LogP contribution in [0.5, 0.6) is 0 Å². The smallest absolute Gasteiger partial charge is 0.0266 e. The molecule has 0 fully saturated rings. The zero-order valence-electron chi connectivity index (χ0n) is 10.8. The van der Waals surface area contributed by atoms with Crippen LogP contribution in [0.4, 0.5) is 0 Å². The van der Waals surface area contributed by atoms with Crippen LogP contribution in [-0.2, 0) is 12.8 Å². The summed E-state index contributed by atoms with van der Waals surface area (Å²) in [4.78, 5) is 0. The highest BCUT2D eigenvalue weighted by Gasteiger charge is 2.11. The minimum atomic E-state index is 0.0966. The lowest BCUT2D eigenvalue weighted by Gasteiger charge is -2.09. The largest absolute Gasteiger partial charge is 0.324 e. The third-order valence-electron chi connectivity index (χ3n) is 3.84. The van der Waals surface area contributed by atoms with Gasteiger partial charge in [0.1, 0.15) is 0 Å². The first-order valence-electron chi connectivity index (χ1n) is 6.72. The molecule has 0 saturated carbocycles. The van der Waals surface area contributed by atoms with Crippen LogP contribution in [0.25, 0.3) is 11.1 Å². The molecule has 0 amide bonds. The summed E-state index contributed by atoms with van der Waals surface area (Å²) < 4.78 is 0. The molecule has 2 aromatic carbocycles. The van der Waals surface area contributed by atoms with Gasteiger partial charge in [-0.25, -0.2) is 0 Å². The molecule has 18 heavy (non-hydrogen) atoms. The molecule has 1 aliphatic rings. The summed E-state index contributed by atoms with van der Waals surface area (Å²) in [5.41, 5.74) is 12.8. The van der Waals surface area contributed by atoms with E-state index in [1.165, 1.54) is 47.1 Å². The molecule has 0 bridgehead atoms. The van der Waals surface area contributed by atoms with Crippen molar-refractivity contribution >= 4 is 0 Å². The standard InChI is InChI=1S/C17H19N/c1-12(18)14-5-3-7-16(10-14)17-9-8-13-4-2-6-15(13)11-17/h3,5,7-12H,2,4,6,18H2,1H3. The van der Waals surface area contributed by atoms with E-state index >= 15 is 0 Å². The Labute approximate surface area is 109 Å². The molecule has 1 nitrogen and oxygen atoms in total. The van der Waals surface area contributed by atoms with Crippen LogP contribution in [0.3, 0.4) is 0 Å². The van der Waals surface area contributed by atoms with Gasteiger partial charge in [0.2, 0.25) is 0 Å². The Balaban J connectivity index is 2.02. The number of benzene rings is 2. The number of hydrogen-bond acceptors (Lipinski definition) is 1. The van der Waals surface area contributed by atoms with Crippen molar-refractivity contribution in [3.63, 3.8) is 0 Å². The molecule has 0 saturated heterocycles. The summed E-state index contributed by atoms with van der Waals surface area (Å²) in [6, 6.07) is 15.6. The normalized spacial score (nSPS) is 15.4. The van der Waals surface area contributed by atoms with Crippen LogP contribution in [-0.4, -0.2) is 0 Å². The quantitative estimate of drug-likeness (QED) is 0.843. The second kappa shape index (κ2) is 4.58. The molecule has 0 aromatic heterocycles. The van der Waals surface area contributed by atoms with E-state index in [0.29, 0.717) is 0 Å². The highest BCUT2D eigenvalue weighted by molar-refractivity contribution is 5.66. The lowest BCUT2D eigenvalue weighted by Crippen LogP contribution is -2.04. The van der Waals surface area contributed by atoms with Crippen LogP contribution in [0.15, 0.2) is 42.5 Å². The number of aryl methyl sites for hydroxylation is 2. The molecule has 1 unspecified atom stereocenters. The fourth-order valence-corrected chi connectivity index (χ4v) is 2.75. The number of fused-ring (bicyclic) bond motifs is 1. The van der Waals surface area contributed by atoms with E-state index in [0.717, 1.165) is 0 Å². The number of nitrogens with two attached hydrogens (primary N) is 1. The van der Waals surface area contributed by atoms with Gasteiger partial charge in [-0.15, -0.1) is 0 Å². The Hall–Kier alpha value is -1.60. The summed E-state index contributed by atoms with van der Waals surface area (Å²) in [5.74, 6) is 0. The minimum Gasteiger partial charge on any atom is -0.324 e. The van der Waals surface area contributed by atoms with E-state index in [9.17, 15) is 0 Å². The summed E-state index contributed by atoms with van der Waals surface area (Å²) in [5, 5.41) is 0. The van der Waals surface area contributed by atoms with Gasteiger partial charge in [-0.05, 0) is 60.1 Å². The number of hydrogen-bond donors (Lipinski definition) is 1. The highest BCUT2D eigenvalue weighted by Crippen LogP contribution is 2.29. The summed E-state index contributed by atoms with van der Waals surface area (Å²) in [6.45, 7) is 2.03. The van der Waals surface area contributed by atoms with Crippen LogP contribution >= 0.6 is 0 Å². The molecule has 0 spiro atoms. The van der Waals surface area contributed by atoms with E-state index < -0.39 is 0 Å². The van der Waals surface area contributed by atoms with Crippen molar-refractivity contribution in [3.05, 3.63) is 59.2 Å². The lowest BCUT2D eigenvalue weighted by molar-refractivity contribution is 0.819. The topological polar surface area (TPSA) is 26.0 Å². The Morgan fingerprint density at radius 3 is 2.56 bits per heavy atom. The molecular formula is C17H19N. The van der Waals surface area contributed by atoms with E-state index in [2.05, 4.69) is 42.5 Å². The second-order valence-electron chi connectivity index (χ2n) is 5.25.